The molecule has 0 saturated heterocycles. The third-order valence-electron chi connectivity index (χ3n) is 3.89. The van der Waals surface area contributed by atoms with Gasteiger partial charge in [0.15, 0.2) is 11.6 Å². The lowest BCUT2D eigenvalue weighted by atomic mass is 10.2. The number of carbonyl (C=O) groups is 2. The number of fused-ring (bicyclic) bond motifs is 1. The largest absolute Gasteiger partial charge is 0.382 e. The van der Waals surface area contributed by atoms with Gasteiger partial charge in [-0.2, -0.15) is 4.68 Å². The van der Waals surface area contributed by atoms with E-state index < -0.39 is 0 Å². The summed E-state index contributed by atoms with van der Waals surface area (Å²) in [6.07, 6.45) is 3.34. The van der Waals surface area contributed by atoms with Crippen LogP contribution in [0, 0.1) is 5.92 Å². The summed E-state index contributed by atoms with van der Waals surface area (Å²) < 4.78 is 2.62. The van der Waals surface area contributed by atoms with Crippen molar-refractivity contribution in [1.29, 1.82) is 0 Å². The van der Waals surface area contributed by atoms with E-state index in [0.29, 0.717) is 17.2 Å². The molecule has 0 atom stereocenters. The summed E-state index contributed by atoms with van der Waals surface area (Å²) in [6, 6.07) is 7.23. The summed E-state index contributed by atoms with van der Waals surface area (Å²) >= 11 is 0. The van der Waals surface area contributed by atoms with Crippen LogP contribution in [0.5, 0.6) is 0 Å². The predicted octanol–water partition coefficient (Wildman–Crippen LogP) is 0.899. The van der Waals surface area contributed by atoms with Gasteiger partial charge in [0.1, 0.15) is 6.54 Å². The molecule has 24 heavy (non-hydrogen) atoms. The lowest BCUT2D eigenvalue weighted by molar-refractivity contribution is -0.117. The molecule has 1 aromatic carbocycles. The molecule has 3 aromatic rings. The number of aromatic nitrogens is 5. The zero-order valence-electron chi connectivity index (χ0n) is 12.7. The van der Waals surface area contributed by atoms with Gasteiger partial charge in [0, 0.05) is 11.3 Å². The first-order valence-electron chi connectivity index (χ1n) is 7.59. The Morgan fingerprint density at radius 1 is 1.29 bits per heavy atom. The van der Waals surface area contributed by atoms with Crippen LogP contribution in [0.15, 0.2) is 30.5 Å². The van der Waals surface area contributed by atoms with Crippen molar-refractivity contribution in [1.82, 2.24) is 24.8 Å². The first-order chi connectivity index (χ1) is 11.6. The first kappa shape index (κ1) is 14.4. The van der Waals surface area contributed by atoms with E-state index in [0.717, 1.165) is 18.2 Å². The van der Waals surface area contributed by atoms with Crippen LogP contribution in [0.25, 0.3) is 10.9 Å². The van der Waals surface area contributed by atoms with E-state index in [2.05, 4.69) is 20.7 Å². The Bertz CT molecular complexity index is 938. The topological polar surface area (TPSA) is 121 Å². The second-order valence-electron chi connectivity index (χ2n) is 5.77. The number of nitrogens with zero attached hydrogens (tertiary/aromatic N) is 5. The number of para-hydroxylation sites is 1. The number of carbonyl (C=O) groups excluding carboxylic acids is 2. The van der Waals surface area contributed by atoms with Gasteiger partial charge >= 0.3 is 0 Å². The monoisotopic (exact) mass is 325 g/mol. The molecule has 0 bridgehead atoms. The number of amides is 1. The number of nitrogen functional groups attached to an aromatic ring is 1. The van der Waals surface area contributed by atoms with Gasteiger partial charge < -0.3 is 11.1 Å². The second-order valence-corrected chi connectivity index (χ2v) is 5.77. The quantitative estimate of drug-likeness (QED) is 0.735. The maximum absolute atomic E-state index is 12.5. The molecule has 122 valence electrons. The highest BCUT2D eigenvalue weighted by Crippen LogP contribution is 2.29. The van der Waals surface area contributed by atoms with Gasteiger partial charge in [-0.15, -0.1) is 10.2 Å². The first-order valence-corrected chi connectivity index (χ1v) is 7.59. The van der Waals surface area contributed by atoms with Gasteiger partial charge in [-0.05, 0) is 25.0 Å². The number of anilines is 2. The maximum atomic E-state index is 12.5. The molecule has 1 aliphatic rings. The fraction of sp³-hybridized carbons (Fsp3) is 0.267. The van der Waals surface area contributed by atoms with Crippen LogP contribution in [0.4, 0.5) is 11.6 Å². The number of nitrogens with two attached hydrogens (primary N) is 1. The van der Waals surface area contributed by atoms with Crippen molar-refractivity contribution in [3.05, 3.63) is 30.5 Å². The zero-order valence-corrected chi connectivity index (χ0v) is 12.7. The van der Waals surface area contributed by atoms with E-state index in [-0.39, 0.29) is 24.3 Å². The Kier molecular flexibility index (Phi) is 3.26. The molecule has 0 aliphatic heterocycles. The normalized spacial score (nSPS) is 14.0. The summed E-state index contributed by atoms with van der Waals surface area (Å²) in [4.78, 5) is 24.2. The number of nitrogens with one attached hydrogen (secondary N) is 1. The van der Waals surface area contributed by atoms with Gasteiger partial charge in [0.2, 0.25) is 5.91 Å². The van der Waals surface area contributed by atoms with Crippen molar-refractivity contribution >= 4 is 34.4 Å². The fourth-order valence-corrected chi connectivity index (χ4v) is 2.49. The Morgan fingerprint density at radius 3 is 2.88 bits per heavy atom. The molecular weight excluding hydrogens is 310 g/mol. The lowest BCUT2D eigenvalue weighted by Crippen LogP contribution is -2.19. The van der Waals surface area contributed by atoms with Gasteiger partial charge in [-0.3, -0.25) is 9.59 Å². The smallest absolute Gasteiger partial charge is 0.269 e. The standard InChI is InChI=1S/C15H15N7O2/c16-14-10-3-1-2-4-11(10)22(19-14)13(23)8-21-7-12(18-20-21)17-15(24)9-5-6-9/h1-4,7,9H,5-6,8H2,(H2,16,19)(H,17,24). The number of hydrogen-bond donors (Lipinski definition) is 2. The van der Waals surface area contributed by atoms with E-state index in [1.54, 1.807) is 6.07 Å². The highest BCUT2D eigenvalue weighted by Gasteiger charge is 2.30. The Labute approximate surface area is 136 Å². The van der Waals surface area contributed by atoms with Crippen molar-refractivity contribution in [2.75, 3.05) is 11.1 Å². The van der Waals surface area contributed by atoms with Crippen LogP contribution in [0.2, 0.25) is 0 Å². The second kappa shape index (κ2) is 5.44. The third-order valence-corrected chi connectivity index (χ3v) is 3.89. The summed E-state index contributed by atoms with van der Waals surface area (Å²) in [5.74, 6) is 0.363. The van der Waals surface area contributed by atoms with Gasteiger partial charge in [-0.1, -0.05) is 17.3 Å². The average molecular weight is 325 g/mol. The molecule has 9 heteroatoms. The maximum Gasteiger partial charge on any atom is 0.269 e. The van der Waals surface area contributed by atoms with Crippen LogP contribution < -0.4 is 11.1 Å². The van der Waals surface area contributed by atoms with Gasteiger partial charge in [-0.25, -0.2) is 4.68 Å². The summed E-state index contributed by atoms with van der Waals surface area (Å²) in [7, 11) is 0. The fourth-order valence-electron chi connectivity index (χ4n) is 2.49. The van der Waals surface area contributed by atoms with E-state index >= 15 is 0 Å². The molecule has 3 N–H and O–H groups in total. The van der Waals surface area contributed by atoms with Gasteiger partial charge in [0.05, 0.1) is 11.7 Å². The molecule has 0 unspecified atom stereocenters. The molecule has 0 spiro atoms. The van der Waals surface area contributed by atoms with E-state index in [4.69, 9.17) is 5.73 Å². The Balaban J connectivity index is 1.51. The van der Waals surface area contributed by atoms with E-state index in [1.807, 2.05) is 18.2 Å². The molecule has 2 heterocycles. The van der Waals surface area contributed by atoms with Crippen molar-refractivity contribution in [2.45, 2.75) is 19.4 Å². The van der Waals surface area contributed by atoms with Crippen LogP contribution in [0.3, 0.4) is 0 Å². The summed E-state index contributed by atoms with van der Waals surface area (Å²) in [5, 5.41) is 15.2. The lowest BCUT2D eigenvalue weighted by Gasteiger charge is -2.02. The Hall–Kier alpha value is -3.23. The SMILES string of the molecule is Nc1nn(C(=O)Cn2cc(NC(=O)C3CC3)nn2)c2ccccc12. The molecule has 0 radical (unpaired) electrons. The van der Waals surface area contributed by atoms with Crippen LogP contribution in [-0.2, 0) is 11.3 Å². The molecule has 2 aromatic heterocycles. The predicted molar refractivity (Wildman–Crippen MR) is 86.1 cm³/mol. The summed E-state index contributed by atoms with van der Waals surface area (Å²) in [5.41, 5.74) is 6.48. The highest BCUT2D eigenvalue weighted by atomic mass is 16.2. The molecule has 1 aliphatic carbocycles. The molecular formula is C15H15N7O2. The van der Waals surface area contributed by atoms with Crippen molar-refractivity contribution in [3.8, 4) is 0 Å². The van der Waals surface area contributed by atoms with Gasteiger partial charge in [0.25, 0.3) is 5.91 Å². The minimum Gasteiger partial charge on any atom is -0.382 e. The van der Waals surface area contributed by atoms with E-state index in [1.165, 1.54) is 15.6 Å². The Morgan fingerprint density at radius 2 is 2.08 bits per heavy atom. The number of hydrogen-bond acceptors (Lipinski definition) is 6. The molecule has 1 amide bonds. The summed E-state index contributed by atoms with van der Waals surface area (Å²) in [6.45, 7) is -0.0581. The molecule has 4 rings (SSSR count). The number of benzene rings is 1. The third kappa shape index (κ3) is 2.60. The number of rotatable bonds is 4. The van der Waals surface area contributed by atoms with Crippen LogP contribution in [-0.4, -0.2) is 36.6 Å². The molecule has 1 saturated carbocycles. The zero-order chi connectivity index (χ0) is 16.7. The minimum atomic E-state index is -0.298. The van der Waals surface area contributed by atoms with Crippen molar-refractivity contribution in [3.63, 3.8) is 0 Å². The average Bonchev–Trinajstić information content (AvgIpc) is 3.26. The van der Waals surface area contributed by atoms with Crippen LogP contribution >= 0.6 is 0 Å². The molecule has 1 fully saturated rings. The molecule has 9 nitrogen and oxygen atoms in total. The highest BCUT2D eigenvalue weighted by molar-refractivity contribution is 5.96. The minimum absolute atomic E-state index is 0.0563. The van der Waals surface area contributed by atoms with Crippen molar-refractivity contribution < 1.29 is 9.59 Å². The van der Waals surface area contributed by atoms with E-state index in [9.17, 15) is 9.59 Å². The van der Waals surface area contributed by atoms with Crippen molar-refractivity contribution in [2.24, 2.45) is 5.92 Å². The van der Waals surface area contributed by atoms with Crippen LogP contribution in [0.1, 0.15) is 17.6 Å².